The summed E-state index contributed by atoms with van der Waals surface area (Å²) in [5, 5.41) is 0.802. The van der Waals surface area contributed by atoms with Crippen molar-refractivity contribution in [2.75, 3.05) is 0 Å². The highest BCUT2D eigenvalue weighted by atomic mass is 19.1. The van der Waals surface area contributed by atoms with Crippen LogP contribution in [0.15, 0.2) is 28.7 Å². The van der Waals surface area contributed by atoms with Crippen molar-refractivity contribution < 1.29 is 8.81 Å². The molecular weight excluding hydrogens is 267 g/mol. The van der Waals surface area contributed by atoms with Crippen LogP contribution in [0.2, 0.25) is 0 Å². The highest BCUT2D eigenvalue weighted by Crippen LogP contribution is 2.35. The summed E-state index contributed by atoms with van der Waals surface area (Å²) in [4.78, 5) is 0. The first kappa shape index (κ1) is 14.5. The lowest BCUT2D eigenvalue weighted by molar-refractivity contribution is 0.263. The second kappa shape index (κ2) is 6.58. The lowest BCUT2D eigenvalue weighted by Crippen LogP contribution is -2.33. The van der Waals surface area contributed by atoms with Gasteiger partial charge in [0.15, 0.2) is 11.4 Å². The third kappa shape index (κ3) is 3.11. The average molecular weight is 290 g/mol. The van der Waals surface area contributed by atoms with E-state index in [2.05, 4.69) is 5.43 Å². The number of benzene rings is 1. The highest BCUT2D eigenvalue weighted by molar-refractivity contribution is 5.78. The summed E-state index contributed by atoms with van der Waals surface area (Å²) >= 11 is 0. The van der Waals surface area contributed by atoms with Crippen molar-refractivity contribution in [3.8, 4) is 0 Å². The van der Waals surface area contributed by atoms with Crippen molar-refractivity contribution in [2.24, 2.45) is 11.8 Å². The first-order chi connectivity index (χ1) is 10.3. The number of hydrogen-bond donors (Lipinski definition) is 2. The normalized spacial score (nSPS) is 19.3. The molecule has 21 heavy (non-hydrogen) atoms. The monoisotopic (exact) mass is 290 g/mol. The van der Waals surface area contributed by atoms with E-state index in [0.29, 0.717) is 11.5 Å². The third-order valence-electron chi connectivity index (χ3n) is 4.62. The molecule has 4 heteroatoms. The molecule has 1 aliphatic rings. The molecule has 0 bridgehead atoms. The van der Waals surface area contributed by atoms with Gasteiger partial charge in [-0.3, -0.25) is 5.84 Å². The van der Waals surface area contributed by atoms with Crippen LogP contribution in [0.25, 0.3) is 11.0 Å². The maximum Gasteiger partial charge on any atom is 0.169 e. The van der Waals surface area contributed by atoms with E-state index in [0.717, 1.165) is 24.0 Å². The molecule has 3 rings (SSSR count). The molecule has 0 spiro atoms. The molecule has 1 aliphatic carbocycles. The van der Waals surface area contributed by atoms with Crippen LogP contribution in [0, 0.1) is 11.7 Å². The summed E-state index contributed by atoms with van der Waals surface area (Å²) in [6, 6.07) is 6.89. The molecule has 1 heterocycles. The van der Waals surface area contributed by atoms with E-state index in [1.54, 1.807) is 6.07 Å². The molecule has 0 amide bonds. The Bertz CT molecular complexity index is 587. The average Bonchev–Trinajstić information content (AvgIpc) is 2.87. The summed E-state index contributed by atoms with van der Waals surface area (Å²) in [6.07, 6.45) is 8.69. The Balaban J connectivity index is 1.87. The molecule has 114 valence electrons. The fraction of sp³-hybridized carbons (Fsp3) is 0.529. The number of halogens is 1. The standard InChI is InChI=1S/C17H23FN2O/c18-14-10-6-9-13-11-15(21-17(13)14)16(20-19)12-7-4-2-1-3-5-8-12/h6,9-12,16,20H,1-5,7-8,19H2. The van der Waals surface area contributed by atoms with E-state index in [1.165, 1.54) is 38.2 Å². The zero-order valence-electron chi connectivity index (χ0n) is 12.3. The van der Waals surface area contributed by atoms with Crippen LogP contribution in [0.5, 0.6) is 0 Å². The van der Waals surface area contributed by atoms with Crippen LogP contribution in [0.3, 0.4) is 0 Å². The number of fused-ring (bicyclic) bond motifs is 1. The fourth-order valence-corrected chi connectivity index (χ4v) is 3.47. The minimum atomic E-state index is -0.313. The second-order valence-corrected chi connectivity index (χ2v) is 6.06. The molecule has 2 aromatic rings. The van der Waals surface area contributed by atoms with Crippen molar-refractivity contribution in [2.45, 2.75) is 51.0 Å². The highest BCUT2D eigenvalue weighted by Gasteiger charge is 2.26. The SMILES string of the molecule is NNC(c1cc2cccc(F)c2o1)C1CCCCCCC1. The van der Waals surface area contributed by atoms with Gasteiger partial charge in [-0.25, -0.2) is 9.82 Å². The van der Waals surface area contributed by atoms with E-state index in [9.17, 15) is 4.39 Å². The number of hydrazine groups is 1. The second-order valence-electron chi connectivity index (χ2n) is 6.06. The first-order valence-corrected chi connectivity index (χ1v) is 7.93. The van der Waals surface area contributed by atoms with Gasteiger partial charge in [0, 0.05) is 5.39 Å². The van der Waals surface area contributed by atoms with Crippen LogP contribution in [-0.2, 0) is 0 Å². The number of para-hydroxylation sites is 1. The van der Waals surface area contributed by atoms with Gasteiger partial charge < -0.3 is 4.42 Å². The van der Waals surface area contributed by atoms with Crippen molar-refractivity contribution in [3.05, 3.63) is 35.8 Å². The summed E-state index contributed by atoms with van der Waals surface area (Å²) in [5.41, 5.74) is 3.23. The van der Waals surface area contributed by atoms with Crippen molar-refractivity contribution in [1.82, 2.24) is 5.43 Å². The Morgan fingerprint density at radius 3 is 2.52 bits per heavy atom. The van der Waals surface area contributed by atoms with Gasteiger partial charge in [-0.15, -0.1) is 0 Å². The van der Waals surface area contributed by atoms with Crippen LogP contribution in [-0.4, -0.2) is 0 Å². The van der Waals surface area contributed by atoms with Gasteiger partial charge >= 0.3 is 0 Å². The molecule has 1 aromatic heterocycles. The van der Waals surface area contributed by atoms with Gasteiger partial charge in [0.2, 0.25) is 0 Å². The Labute approximate surface area is 124 Å². The van der Waals surface area contributed by atoms with E-state index in [4.69, 9.17) is 10.3 Å². The Hall–Kier alpha value is -1.39. The van der Waals surface area contributed by atoms with E-state index < -0.39 is 0 Å². The quantitative estimate of drug-likeness (QED) is 0.649. The Morgan fingerprint density at radius 2 is 1.86 bits per heavy atom. The predicted molar refractivity (Wildman–Crippen MR) is 82.0 cm³/mol. The Morgan fingerprint density at radius 1 is 1.14 bits per heavy atom. The molecule has 1 unspecified atom stereocenters. The summed E-state index contributed by atoms with van der Waals surface area (Å²) in [6.45, 7) is 0. The molecular formula is C17H23FN2O. The molecule has 1 aromatic carbocycles. The summed E-state index contributed by atoms with van der Waals surface area (Å²) in [7, 11) is 0. The van der Waals surface area contributed by atoms with Crippen LogP contribution in [0.1, 0.15) is 56.7 Å². The molecule has 1 fully saturated rings. The fourth-order valence-electron chi connectivity index (χ4n) is 3.47. The predicted octanol–water partition coefficient (Wildman–Crippen LogP) is 4.44. The third-order valence-corrected chi connectivity index (χ3v) is 4.62. The molecule has 3 N–H and O–H groups in total. The van der Waals surface area contributed by atoms with Crippen molar-refractivity contribution >= 4 is 11.0 Å². The molecule has 0 radical (unpaired) electrons. The number of rotatable bonds is 3. The zero-order valence-corrected chi connectivity index (χ0v) is 12.3. The summed E-state index contributed by atoms with van der Waals surface area (Å²) in [5.74, 6) is 6.68. The maximum absolute atomic E-state index is 13.8. The first-order valence-electron chi connectivity index (χ1n) is 7.93. The number of furan rings is 1. The smallest absolute Gasteiger partial charge is 0.169 e. The molecule has 1 atom stereocenters. The van der Waals surface area contributed by atoms with Gasteiger partial charge in [-0.1, -0.05) is 44.2 Å². The van der Waals surface area contributed by atoms with Crippen molar-refractivity contribution in [3.63, 3.8) is 0 Å². The maximum atomic E-state index is 13.8. The number of nitrogens with one attached hydrogen (secondary N) is 1. The lowest BCUT2D eigenvalue weighted by Gasteiger charge is -2.26. The van der Waals surface area contributed by atoms with Gasteiger partial charge in [-0.05, 0) is 30.9 Å². The minimum absolute atomic E-state index is 0.0325. The number of nitrogens with two attached hydrogens (primary N) is 1. The van der Waals surface area contributed by atoms with Crippen LogP contribution in [0.4, 0.5) is 4.39 Å². The number of hydrogen-bond acceptors (Lipinski definition) is 3. The van der Waals surface area contributed by atoms with Crippen molar-refractivity contribution in [1.29, 1.82) is 0 Å². The van der Waals surface area contributed by atoms with Crippen LogP contribution < -0.4 is 11.3 Å². The van der Waals surface area contributed by atoms with Gasteiger partial charge in [0.25, 0.3) is 0 Å². The Kier molecular flexibility index (Phi) is 4.56. The van der Waals surface area contributed by atoms with E-state index >= 15 is 0 Å². The van der Waals surface area contributed by atoms with Gasteiger partial charge in [0.05, 0.1) is 6.04 Å². The zero-order chi connectivity index (χ0) is 14.7. The molecule has 0 saturated heterocycles. The van der Waals surface area contributed by atoms with Crippen LogP contribution >= 0.6 is 0 Å². The van der Waals surface area contributed by atoms with E-state index in [1.807, 2.05) is 12.1 Å². The topological polar surface area (TPSA) is 51.2 Å². The van der Waals surface area contributed by atoms with Gasteiger partial charge in [-0.2, -0.15) is 0 Å². The largest absolute Gasteiger partial charge is 0.456 e. The van der Waals surface area contributed by atoms with E-state index in [-0.39, 0.29) is 11.9 Å². The molecule has 1 saturated carbocycles. The molecule has 0 aliphatic heterocycles. The van der Waals surface area contributed by atoms with Gasteiger partial charge in [0.1, 0.15) is 5.76 Å². The summed E-state index contributed by atoms with van der Waals surface area (Å²) < 4.78 is 19.5. The minimum Gasteiger partial charge on any atom is -0.456 e. The molecule has 3 nitrogen and oxygen atoms in total. The lowest BCUT2D eigenvalue weighted by atomic mass is 9.85.